The first kappa shape index (κ1) is 13.1. The molecule has 3 nitrogen and oxygen atoms in total. The van der Waals surface area contributed by atoms with Crippen molar-refractivity contribution in [3.8, 4) is 0 Å². The summed E-state index contributed by atoms with van der Waals surface area (Å²) in [5, 5.41) is 10.5. The number of likely N-dealkylation sites (N-methyl/N-ethyl adjacent to an activating group) is 1. The zero-order valence-corrected chi connectivity index (χ0v) is 10.6. The number of aromatic nitrogens is 1. The molecule has 0 fully saturated rings. The van der Waals surface area contributed by atoms with E-state index in [1.165, 1.54) is 0 Å². The molecule has 1 atom stereocenters. The van der Waals surface area contributed by atoms with Crippen LogP contribution >= 0.6 is 0 Å². The zero-order chi connectivity index (χ0) is 12.2. The van der Waals surface area contributed by atoms with Gasteiger partial charge in [-0.2, -0.15) is 0 Å². The van der Waals surface area contributed by atoms with Crippen LogP contribution in [0.1, 0.15) is 38.4 Å². The first-order valence-corrected chi connectivity index (χ1v) is 5.84. The highest BCUT2D eigenvalue weighted by atomic mass is 16.3. The largest absolute Gasteiger partial charge is 0.386 e. The molecule has 1 rings (SSSR count). The van der Waals surface area contributed by atoms with E-state index in [1.807, 2.05) is 26.2 Å². The van der Waals surface area contributed by atoms with Gasteiger partial charge in [0.25, 0.3) is 0 Å². The molecule has 1 aromatic heterocycles. The van der Waals surface area contributed by atoms with Crippen molar-refractivity contribution in [2.24, 2.45) is 0 Å². The number of hydrogen-bond acceptors (Lipinski definition) is 3. The molecule has 1 N–H and O–H groups in total. The topological polar surface area (TPSA) is 36.4 Å². The number of rotatable bonds is 5. The average molecular weight is 222 g/mol. The summed E-state index contributed by atoms with van der Waals surface area (Å²) in [6.45, 7) is 4.23. The third-order valence-electron chi connectivity index (χ3n) is 3.62. The first-order chi connectivity index (χ1) is 7.58. The predicted molar refractivity (Wildman–Crippen MR) is 66.2 cm³/mol. The van der Waals surface area contributed by atoms with Crippen molar-refractivity contribution in [2.45, 2.75) is 38.3 Å². The lowest BCUT2D eigenvalue weighted by Gasteiger charge is -2.42. The van der Waals surface area contributed by atoms with Gasteiger partial charge in [0.1, 0.15) is 0 Å². The van der Waals surface area contributed by atoms with E-state index in [1.54, 1.807) is 12.4 Å². The van der Waals surface area contributed by atoms with Gasteiger partial charge in [0.2, 0.25) is 0 Å². The van der Waals surface area contributed by atoms with Gasteiger partial charge in [0, 0.05) is 18.0 Å². The number of aliphatic hydroxyl groups excluding tert-OH is 1. The third-order valence-corrected chi connectivity index (χ3v) is 3.62. The molecule has 0 aliphatic carbocycles. The standard InChI is InChI=1S/C13H22N2O/c1-5-13(6-2,15(3)4)12(16)11-8-7-9-14-10-11/h7-10,12,16H,5-6H2,1-4H3. The second-order valence-electron chi connectivity index (χ2n) is 4.39. The summed E-state index contributed by atoms with van der Waals surface area (Å²) in [5.41, 5.74) is 0.683. The highest BCUT2D eigenvalue weighted by Gasteiger charge is 2.37. The number of nitrogens with zero attached hydrogens (tertiary/aromatic N) is 2. The molecule has 0 radical (unpaired) electrons. The SMILES string of the molecule is CCC(CC)(C(O)c1cccnc1)N(C)C. The van der Waals surface area contributed by atoms with Crippen molar-refractivity contribution < 1.29 is 5.11 Å². The Labute approximate surface area is 98.1 Å². The molecule has 90 valence electrons. The maximum atomic E-state index is 10.5. The van der Waals surface area contributed by atoms with Crippen LogP contribution in [0.5, 0.6) is 0 Å². The molecule has 0 aliphatic heterocycles. The molecule has 1 unspecified atom stereocenters. The van der Waals surface area contributed by atoms with Gasteiger partial charge in [-0.25, -0.2) is 0 Å². The average Bonchev–Trinajstić information content (AvgIpc) is 2.32. The lowest BCUT2D eigenvalue weighted by molar-refractivity contribution is -0.0151. The fourth-order valence-corrected chi connectivity index (χ4v) is 2.36. The van der Waals surface area contributed by atoms with E-state index in [0.717, 1.165) is 18.4 Å². The van der Waals surface area contributed by atoms with E-state index >= 15 is 0 Å². The van der Waals surface area contributed by atoms with E-state index in [0.29, 0.717) is 0 Å². The monoisotopic (exact) mass is 222 g/mol. The summed E-state index contributed by atoms with van der Waals surface area (Å²) in [6, 6.07) is 3.80. The molecule has 0 aromatic carbocycles. The van der Waals surface area contributed by atoms with Gasteiger partial charge < -0.3 is 10.0 Å². The van der Waals surface area contributed by atoms with Crippen LogP contribution in [-0.2, 0) is 0 Å². The summed E-state index contributed by atoms with van der Waals surface area (Å²) in [6.07, 6.45) is 4.80. The zero-order valence-electron chi connectivity index (χ0n) is 10.6. The quantitative estimate of drug-likeness (QED) is 0.830. The van der Waals surface area contributed by atoms with Crippen molar-refractivity contribution >= 4 is 0 Å². The van der Waals surface area contributed by atoms with Crippen LogP contribution in [0, 0.1) is 0 Å². The predicted octanol–water partition coefficient (Wildman–Crippen LogP) is 2.24. The Morgan fingerprint density at radius 3 is 2.38 bits per heavy atom. The first-order valence-electron chi connectivity index (χ1n) is 5.84. The van der Waals surface area contributed by atoms with Crippen LogP contribution in [0.25, 0.3) is 0 Å². The molecule has 1 aromatic rings. The Morgan fingerprint density at radius 2 is 2.00 bits per heavy atom. The molecule has 0 bridgehead atoms. The Balaban J connectivity index is 3.05. The molecule has 1 heterocycles. The molecular weight excluding hydrogens is 200 g/mol. The molecule has 0 saturated carbocycles. The van der Waals surface area contributed by atoms with Crippen LogP contribution in [0.2, 0.25) is 0 Å². The summed E-state index contributed by atoms with van der Waals surface area (Å²) < 4.78 is 0. The highest BCUT2D eigenvalue weighted by Crippen LogP contribution is 2.35. The van der Waals surface area contributed by atoms with Crippen molar-refractivity contribution in [2.75, 3.05) is 14.1 Å². The number of hydrogen-bond donors (Lipinski definition) is 1. The van der Waals surface area contributed by atoms with Gasteiger partial charge in [0.15, 0.2) is 0 Å². The maximum Gasteiger partial charge on any atom is 0.0988 e. The van der Waals surface area contributed by atoms with Gasteiger partial charge in [-0.05, 0) is 33.0 Å². The molecule has 0 aliphatic rings. The Morgan fingerprint density at radius 1 is 1.38 bits per heavy atom. The normalized spacial score (nSPS) is 14.1. The number of pyridine rings is 1. The number of aliphatic hydroxyl groups is 1. The Bertz CT molecular complexity index is 307. The minimum Gasteiger partial charge on any atom is -0.386 e. The molecule has 16 heavy (non-hydrogen) atoms. The molecule has 0 saturated heterocycles. The molecule has 0 spiro atoms. The summed E-state index contributed by atoms with van der Waals surface area (Å²) in [4.78, 5) is 6.18. The van der Waals surface area contributed by atoms with E-state index in [4.69, 9.17) is 0 Å². The second-order valence-corrected chi connectivity index (χ2v) is 4.39. The summed E-state index contributed by atoms with van der Waals surface area (Å²) in [5.74, 6) is 0. The van der Waals surface area contributed by atoms with Gasteiger partial charge in [-0.3, -0.25) is 4.98 Å². The minimum absolute atomic E-state index is 0.205. The second kappa shape index (κ2) is 5.41. The smallest absolute Gasteiger partial charge is 0.0988 e. The van der Waals surface area contributed by atoms with Crippen molar-refractivity contribution in [1.82, 2.24) is 9.88 Å². The van der Waals surface area contributed by atoms with Crippen LogP contribution in [0.3, 0.4) is 0 Å². The van der Waals surface area contributed by atoms with Crippen molar-refractivity contribution in [1.29, 1.82) is 0 Å². The highest BCUT2D eigenvalue weighted by molar-refractivity contribution is 5.17. The van der Waals surface area contributed by atoms with E-state index < -0.39 is 6.10 Å². The summed E-state index contributed by atoms with van der Waals surface area (Å²) in [7, 11) is 4.04. The lowest BCUT2D eigenvalue weighted by atomic mass is 9.82. The fourth-order valence-electron chi connectivity index (χ4n) is 2.36. The van der Waals surface area contributed by atoms with E-state index in [2.05, 4.69) is 23.7 Å². The van der Waals surface area contributed by atoms with Crippen LogP contribution in [0.15, 0.2) is 24.5 Å². The van der Waals surface area contributed by atoms with Gasteiger partial charge >= 0.3 is 0 Å². The van der Waals surface area contributed by atoms with Crippen LogP contribution in [-0.4, -0.2) is 34.6 Å². The summed E-state index contributed by atoms with van der Waals surface area (Å²) >= 11 is 0. The van der Waals surface area contributed by atoms with Crippen molar-refractivity contribution in [3.63, 3.8) is 0 Å². The van der Waals surface area contributed by atoms with Crippen LogP contribution < -0.4 is 0 Å². The Hall–Kier alpha value is -0.930. The van der Waals surface area contributed by atoms with Crippen LogP contribution in [0.4, 0.5) is 0 Å². The molecular formula is C13H22N2O. The van der Waals surface area contributed by atoms with Gasteiger partial charge in [-0.1, -0.05) is 19.9 Å². The Kier molecular flexibility index (Phi) is 4.44. The van der Waals surface area contributed by atoms with E-state index in [-0.39, 0.29) is 5.54 Å². The minimum atomic E-state index is -0.494. The third kappa shape index (κ3) is 2.25. The van der Waals surface area contributed by atoms with Gasteiger partial charge in [-0.15, -0.1) is 0 Å². The van der Waals surface area contributed by atoms with E-state index in [9.17, 15) is 5.11 Å². The van der Waals surface area contributed by atoms with Gasteiger partial charge in [0.05, 0.1) is 11.6 Å². The molecule has 0 amide bonds. The maximum absolute atomic E-state index is 10.5. The fraction of sp³-hybridized carbons (Fsp3) is 0.615. The molecule has 3 heteroatoms. The lowest BCUT2D eigenvalue weighted by Crippen LogP contribution is -2.48. The van der Waals surface area contributed by atoms with Crippen molar-refractivity contribution in [3.05, 3.63) is 30.1 Å².